The lowest BCUT2D eigenvalue weighted by Crippen LogP contribution is -2.35. The molecule has 1 heterocycles. The molecule has 0 saturated carbocycles. The van der Waals surface area contributed by atoms with Crippen LogP contribution in [0.2, 0.25) is 0 Å². The quantitative estimate of drug-likeness (QED) is 0.631. The van der Waals surface area contributed by atoms with Crippen molar-refractivity contribution < 1.29 is 4.74 Å². The zero-order chi connectivity index (χ0) is 6.69. The zero-order valence-electron chi connectivity index (χ0n) is 6.59. The maximum absolute atomic E-state index is 5.37. The average Bonchev–Trinajstić information content (AvgIpc) is 1.88. The molecule has 0 aromatic rings. The molecule has 0 spiro atoms. The monoisotopic (exact) mass is 165 g/mol. The molecule has 1 saturated heterocycles. The van der Waals surface area contributed by atoms with Crippen LogP contribution in [0.3, 0.4) is 0 Å². The Hall–Kier alpha value is 0.210. The van der Waals surface area contributed by atoms with Crippen LogP contribution in [0.15, 0.2) is 0 Å². The number of ether oxygens (including phenoxy) is 1. The lowest BCUT2D eigenvalue weighted by Gasteiger charge is -2.26. The van der Waals surface area contributed by atoms with Crippen LogP contribution in [0.25, 0.3) is 0 Å². The Balaban J connectivity index is 0.000000810. The van der Waals surface area contributed by atoms with Gasteiger partial charge in [-0.25, -0.2) is 0 Å². The fourth-order valence-corrected chi connectivity index (χ4v) is 1.26. The van der Waals surface area contributed by atoms with Crippen LogP contribution < -0.4 is 5.32 Å². The van der Waals surface area contributed by atoms with Gasteiger partial charge < -0.3 is 10.1 Å². The summed E-state index contributed by atoms with van der Waals surface area (Å²) in [6, 6.07) is 0.689. The van der Waals surface area contributed by atoms with Crippen LogP contribution >= 0.6 is 12.4 Å². The Morgan fingerprint density at radius 1 is 1.50 bits per heavy atom. The van der Waals surface area contributed by atoms with Crippen molar-refractivity contribution in [3.05, 3.63) is 0 Å². The van der Waals surface area contributed by atoms with Crippen molar-refractivity contribution >= 4 is 12.4 Å². The third-order valence-electron chi connectivity index (χ3n) is 1.89. The number of rotatable bonds is 1. The first-order chi connectivity index (χ1) is 4.33. The molecule has 1 aliphatic rings. The maximum atomic E-state index is 5.37. The molecule has 1 fully saturated rings. The molecule has 0 radical (unpaired) electrons. The molecule has 62 valence electrons. The summed E-state index contributed by atoms with van der Waals surface area (Å²) in [5.41, 5.74) is 0. The fraction of sp³-hybridized carbons (Fsp3) is 1.00. The minimum atomic E-state index is 0. The van der Waals surface area contributed by atoms with Crippen molar-refractivity contribution in [2.24, 2.45) is 0 Å². The molecule has 0 aromatic heterocycles. The molecular formula is C7H16ClNO. The second-order valence-corrected chi connectivity index (χ2v) is 2.69. The van der Waals surface area contributed by atoms with E-state index in [1.807, 2.05) is 7.05 Å². The van der Waals surface area contributed by atoms with Crippen LogP contribution in [0.1, 0.15) is 19.8 Å². The molecule has 0 aliphatic carbocycles. The maximum Gasteiger partial charge on any atom is 0.0561 e. The number of hydrogen-bond acceptors (Lipinski definition) is 2. The third-order valence-corrected chi connectivity index (χ3v) is 1.89. The molecule has 0 aromatic carbocycles. The standard InChI is InChI=1S/C7H15NO.ClH/c1-6-5-7(8-2)3-4-9-6;/h6-8H,3-5H2,1-2H3;1H/t6-,7+;/m1./s1. The van der Waals surface area contributed by atoms with Gasteiger partial charge in [-0.2, -0.15) is 0 Å². The van der Waals surface area contributed by atoms with E-state index >= 15 is 0 Å². The highest BCUT2D eigenvalue weighted by Crippen LogP contribution is 2.11. The number of halogens is 1. The second-order valence-electron chi connectivity index (χ2n) is 2.69. The molecule has 2 nitrogen and oxygen atoms in total. The minimum absolute atomic E-state index is 0. The smallest absolute Gasteiger partial charge is 0.0561 e. The molecular weight excluding hydrogens is 150 g/mol. The summed E-state index contributed by atoms with van der Waals surface area (Å²) >= 11 is 0. The van der Waals surface area contributed by atoms with Crippen molar-refractivity contribution in [2.75, 3.05) is 13.7 Å². The normalized spacial score (nSPS) is 33.0. The van der Waals surface area contributed by atoms with Crippen molar-refractivity contribution in [3.8, 4) is 0 Å². The van der Waals surface area contributed by atoms with Gasteiger partial charge in [0, 0.05) is 12.6 Å². The van der Waals surface area contributed by atoms with Crippen molar-refractivity contribution in [1.82, 2.24) is 5.32 Å². The van der Waals surface area contributed by atoms with Crippen LogP contribution in [0.5, 0.6) is 0 Å². The van der Waals surface area contributed by atoms with Gasteiger partial charge in [0.1, 0.15) is 0 Å². The molecule has 0 bridgehead atoms. The van der Waals surface area contributed by atoms with E-state index in [1.165, 1.54) is 6.42 Å². The number of hydrogen-bond donors (Lipinski definition) is 1. The summed E-state index contributed by atoms with van der Waals surface area (Å²) in [6.45, 7) is 3.05. The topological polar surface area (TPSA) is 21.3 Å². The van der Waals surface area contributed by atoms with E-state index in [9.17, 15) is 0 Å². The molecule has 10 heavy (non-hydrogen) atoms. The SMILES string of the molecule is CN[C@H]1CCO[C@H](C)C1.Cl. The predicted molar refractivity (Wildman–Crippen MR) is 44.7 cm³/mol. The molecule has 1 aliphatic heterocycles. The Kier molecular flexibility index (Phi) is 5.04. The molecule has 0 amide bonds. The first kappa shape index (κ1) is 10.2. The van der Waals surface area contributed by atoms with Crippen LogP contribution in [-0.4, -0.2) is 25.8 Å². The van der Waals surface area contributed by atoms with E-state index in [-0.39, 0.29) is 12.4 Å². The van der Waals surface area contributed by atoms with E-state index in [0.29, 0.717) is 12.1 Å². The summed E-state index contributed by atoms with van der Waals surface area (Å²) in [5.74, 6) is 0. The van der Waals surface area contributed by atoms with Gasteiger partial charge in [0.2, 0.25) is 0 Å². The van der Waals surface area contributed by atoms with Gasteiger partial charge in [-0.3, -0.25) is 0 Å². The van der Waals surface area contributed by atoms with Crippen molar-refractivity contribution in [1.29, 1.82) is 0 Å². The highest BCUT2D eigenvalue weighted by atomic mass is 35.5. The fourth-order valence-electron chi connectivity index (χ4n) is 1.26. The van der Waals surface area contributed by atoms with Gasteiger partial charge in [0.15, 0.2) is 0 Å². The molecule has 1 N–H and O–H groups in total. The van der Waals surface area contributed by atoms with Crippen LogP contribution in [-0.2, 0) is 4.74 Å². The van der Waals surface area contributed by atoms with Crippen molar-refractivity contribution in [2.45, 2.75) is 31.9 Å². The van der Waals surface area contributed by atoms with Crippen LogP contribution in [0, 0.1) is 0 Å². The molecule has 3 heteroatoms. The van der Waals surface area contributed by atoms with E-state index in [4.69, 9.17) is 4.74 Å². The van der Waals surface area contributed by atoms with Crippen LogP contribution in [0.4, 0.5) is 0 Å². The molecule has 1 rings (SSSR count). The first-order valence-corrected chi connectivity index (χ1v) is 3.62. The zero-order valence-corrected chi connectivity index (χ0v) is 7.41. The highest BCUT2D eigenvalue weighted by molar-refractivity contribution is 5.85. The summed E-state index contributed by atoms with van der Waals surface area (Å²) in [7, 11) is 2.02. The predicted octanol–water partition coefficient (Wildman–Crippen LogP) is 1.20. The van der Waals surface area contributed by atoms with Gasteiger partial charge in [-0.05, 0) is 26.8 Å². The van der Waals surface area contributed by atoms with E-state index in [1.54, 1.807) is 0 Å². The summed E-state index contributed by atoms with van der Waals surface area (Å²) in [5, 5.41) is 3.25. The van der Waals surface area contributed by atoms with Gasteiger partial charge in [0.05, 0.1) is 6.10 Å². The third kappa shape index (κ3) is 2.86. The first-order valence-electron chi connectivity index (χ1n) is 3.62. The highest BCUT2D eigenvalue weighted by Gasteiger charge is 2.16. The lowest BCUT2D eigenvalue weighted by atomic mass is 10.1. The van der Waals surface area contributed by atoms with E-state index in [2.05, 4.69) is 12.2 Å². The van der Waals surface area contributed by atoms with Crippen molar-refractivity contribution in [3.63, 3.8) is 0 Å². The Bertz CT molecular complexity index is 89.7. The Labute approximate surface area is 68.7 Å². The second kappa shape index (κ2) is 4.94. The Morgan fingerprint density at radius 2 is 2.20 bits per heavy atom. The lowest BCUT2D eigenvalue weighted by molar-refractivity contribution is 0.0147. The minimum Gasteiger partial charge on any atom is -0.378 e. The summed E-state index contributed by atoms with van der Waals surface area (Å²) in [6.07, 6.45) is 2.79. The summed E-state index contributed by atoms with van der Waals surface area (Å²) < 4.78 is 5.37. The van der Waals surface area contributed by atoms with E-state index in [0.717, 1.165) is 13.0 Å². The van der Waals surface area contributed by atoms with Gasteiger partial charge in [-0.15, -0.1) is 12.4 Å². The van der Waals surface area contributed by atoms with E-state index < -0.39 is 0 Å². The Morgan fingerprint density at radius 3 is 2.60 bits per heavy atom. The largest absolute Gasteiger partial charge is 0.378 e. The molecule has 0 unspecified atom stereocenters. The summed E-state index contributed by atoms with van der Waals surface area (Å²) in [4.78, 5) is 0. The van der Waals surface area contributed by atoms with Gasteiger partial charge in [-0.1, -0.05) is 0 Å². The van der Waals surface area contributed by atoms with Gasteiger partial charge in [0.25, 0.3) is 0 Å². The number of nitrogens with one attached hydrogen (secondary N) is 1. The average molecular weight is 166 g/mol. The molecule has 2 atom stereocenters. The van der Waals surface area contributed by atoms with Gasteiger partial charge >= 0.3 is 0 Å².